The maximum Gasteiger partial charge on any atom is 0.223 e. The lowest BCUT2D eigenvalue weighted by Crippen LogP contribution is -2.48. The molecule has 1 aliphatic heterocycles. The first-order valence-electron chi connectivity index (χ1n) is 10.8. The molecule has 1 saturated heterocycles. The Morgan fingerprint density at radius 3 is 2.59 bits per heavy atom. The highest BCUT2D eigenvalue weighted by Gasteiger charge is 2.24. The Kier molecular flexibility index (Phi) is 6.96. The summed E-state index contributed by atoms with van der Waals surface area (Å²) in [6.07, 6.45) is 1.32. The van der Waals surface area contributed by atoms with Gasteiger partial charge in [0, 0.05) is 44.0 Å². The molecule has 0 radical (unpaired) electrons. The van der Waals surface area contributed by atoms with Gasteiger partial charge in [-0.25, -0.2) is 4.98 Å². The Morgan fingerprint density at radius 2 is 1.88 bits per heavy atom. The van der Waals surface area contributed by atoms with E-state index >= 15 is 0 Å². The largest absolute Gasteiger partial charge is 0.496 e. The highest BCUT2D eigenvalue weighted by Crippen LogP contribution is 2.30. The van der Waals surface area contributed by atoms with Crippen molar-refractivity contribution in [2.24, 2.45) is 0 Å². The van der Waals surface area contributed by atoms with Crippen molar-refractivity contribution in [1.82, 2.24) is 9.88 Å². The number of ether oxygens (including phenoxy) is 1. The first-order chi connectivity index (χ1) is 15.5. The van der Waals surface area contributed by atoms with Crippen LogP contribution in [0.2, 0.25) is 5.02 Å². The van der Waals surface area contributed by atoms with Crippen molar-refractivity contribution in [3.05, 3.63) is 52.5 Å². The Morgan fingerprint density at radius 1 is 1.09 bits per heavy atom. The number of carbonyl (C=O) groups excluding carboxylic acids is 2. The lowest BCUT2D eigenvalue weighted by molar-refractivity contribution is -0.131. The lowest BCUT2D eigenvalue weighted by atomic mass is 10.0. The SMILES string of the molecule is CCc1ccc2nc(N3CCN(C(=O)CCC(=O)c4cc(Cl)ccc4OC)CC3)sc2c1. The number of hydrogen-bond acceptors (Lipinski definition) is 6. The number of carbonyl (C=O) groups is 2. The molecular formula is C24H26ClN3O3S. The summed E-state index contributed by atoms with van der Waals surface area (Å²) in [5.74, 6) is 0.329. The molecule has 0 aliphatic carbocycles. The number of rotatable bonds is 7. The van der Waals surface area contributed by atoms with Gasteiger partial charge in [-0.2, -0.15) is 0 Å². The summed E-state index contributed by atoms with van der Waals surface area (Å²) in [4.78, 5) is 34.1. The van der Waals surface area contributed by atoms with Gasteiger partial charge in [-0.15, -0.1) is 0 Å². The van der Waals surface area contributed by atoms with Gasteiger partial charge in [0.15, 0.2) is 10.9 Å². The molecule has 0 atom stereocenters. The molecule has 1 aromatic heterocycles. The molecule has 0 spiro atoms. The number of piperazine rings is 1. The summed E-state index contributed by atoms with van der Waals surface area (Å²) in [5.41, 5.74) is 2.75. The van der Waals surface area contributed by atoms with Crippen molar-refractivity contribution in [1.29, 1.82) is 0 Å². The van der Waals surface area contributed by atoms with Gasteiger partial charge in [0.2, 0.25) is 5.91 Å². The zero-order valence-corrected chi connectivity index (χ0v) is 19.8. The number of aromatic nitrogens is 1. The van der Waals surface area contributed by atoms with Crippen LogP contribution < -0.4 is 9.64 Å². The van der Waals surface area contributed by atoms with Crippen LogP contribution in [-0.4, -0.2) is 54.9 Å². The minimum atomic E-state index is -0.141. The fourth-order valence-corrected chi connectivity index (χ4v) is 5.12. The normalized spacial score (nSPS) is 14.1. The summed E-state index contributed by atoms with van der Waals surface area (Å²) in [6.45, 7) is 4.89. The van der Waals surface area contributed by atoms with Crippen molar-refractivity contribution in [3.8, 4) is 5.75 Å². The molecule has 168 valence electrons. The quantitative estimate of drug-likeness (QED) is 0.462. The molecule has 32 heavy (non-hydrogen) atoms. The Bertz CT molecular complexity index is 1140. The average molecular weight is 472 g/mol. The van der Waals surface area contributed by atoms with E-state index in [0.29, 0.717) is 29.4 Å². The van der Waals surface area contributed by atoms with E-state index in [1.54, 1.807) is 29.5 Å². The van der Waals surface area contributed by atoms with Crippen LogP contribution in [0.3, 0.4) is 0 Å². The highest BCUT2D eigenvalue weighted by atomic mass is 35.5. The third-order valence-corrected chi connectivity index (χ3v) is 7.09. The van der Waals surface area contributed by atoms with Gasteiger partial charge in [-0.1, -0.05) is 35.9 Å². The third-order valence-electron chi connectivity index (χ3n) is 5.78. The zero-order chi connectivity index (χ0) is 22.7. The number of Topliss-reactive ketones (excluding diaryl/α,β-unsaturated/α-hetero) is 1. The molecule has 1 amide bonds. The van der Waals surface area contributed by atoms with E-state index in [1.165, 1.54) is 17.4 Å². The molecule has 1 aliphatic rings. The van der Waals surface area contributed by atoms with E-state index in [4.69, 9.17) is 21.3 Å². The monoisotopic (exact) mass is 471 g/mol. The number of methoxy groups -OCH3 is 1. The lowest BCUT2D eigenvalue weighted by Gasteiger charge is -2.34. The molecular weight excluding hydrogens is 446 g/mol. The number of halogens is 1. The molecule has 4 rings (SSSR count). The van der Waals surface area contributed by atoms with Gasteiger partial charge >= 0.3 is 0 Å². The highest BCUT2D eigenvalue weighted by molar-refractivity contribution is 7.22. The molecule has 0 saturated carbocycles. The van der Waals surface area contributed by atoms with Gasteiger partial charge in [0.25, 0.3) is 0 Å². The van der Waals surface area contributed by atoms with Gasteiger partial charge < -0.3 is 14.5 Å². The summed E-state index contributed by atoms with van der Waals surface area (Å²) in [5, 5.41) is 1.47. The van der Waals surface area contributed by atoms with Gasteiger partial charge in [-0.3, -0.25) is 9.59 Å². The number of hydrogen-bond donors (Lipinski definition) is 0. The first kappa shape index (κ1) is 22.6. The van der Waals surface area contributed by atoms with Gasteiger partial charge in [0.05, 0.1) is 22.9 Å². The summed E-state index contributed by atoms with van der Waals surface area (Å²) in [7, 11) is 1.51. The average Bonchev–Trinajstić information content (AvgIpc) is 3.25. The van der Waals surface area contributed by atoms with E-state index in [9.17, 15) is 9.59 Å². The van der Waals surface area contributed by atoms with Crippen LogP contribution in [0.1, 0.15) is 35.7 Å². The molecule has 2 heterocycles. The number of amides is 1. The maximum atomic E-state index is 12.7. The molecule has 0 unspecified atom stereocenters. The minimum Gasteiger partial charge on any atom is -0.496 e. The van der Waals surface area contributed by atoms with Crippen LogP contribution in [-0.2, 0) is 11.2 Å². The van der Waals surface area contributed by atoms with Crippen molar-refractivity contribution < 1.29 is 14.3 Å². The second kappa shape index (κ2) is 9.88. The van der Waals surface area contributed by atoms with E-state index in [-0.39, 0.29) is 24.5 Å². The minimum absolute atomic E-state index is 0.00381. The van der Waals surface area contributed by atoms with Crippen LogP contribution in [0.15, 0.2) is 36.4 Å². The Labute approximate surface area is 196 Å². The number of benzene rings is 2. The number of anilines is 1. The predicted octanol–water partition coefficient (Wildman–Crippen LogP) is 4.83. The van der Waals surface area contributed by atoms with E-state index in [0.717, 1.165) is 30.2 Å². The molecule has 0 N–H and O–H groups in total. The number of aryl methyl sites for hydroxylation is 1. The second-order valence-corrected chi connectivity index (χ2v) is 9.23. The Balaban J connectivity index is 1.32. The third kappa shape index (κ3) is 4.89. The predicted molar refractivity (Wildman–Crippen MR) is 129 cm³/mol. The number of nitrogens with zero attached hydrogens (tertiary/aromatic N) is 3. The number of fused-ring (bicyclic) bond motifs is 1. The molecule has 3 aromatic rings. The van der Waals surface area contributed by atoms with E-state index in [2.05, 4.69) is 30.0 Å². The van der Waals surface area contributed by atoms with Crippen molar-refractivity contribution in [3.63, 3.8) is 0 Å². The maximum absolute atomic E-state index is 12.7. The zero-order valence-electron chi connectivity index (χ0n) is 18.3. The Hall–Kier alpha value is -2.64. The molecule has 8 heteroatoms. The fourth-order valence-electron chi connectivity index (χ4n) is 3.87. The second-order valence-electron chi connectivity index (χ2n) is 7.79. The first-order valence-corrected chi connectivity index (χ1v) is 12.0. The summed E-state index contributed by atoms with van der Waals surface area (Å²) in [6, 6.07) is 11.4. The van der Waals surface area contributed by atoms with Crippen LogP contribution in [0.4, 0.5) is 5.13 Å². The summed E-state index contributed by atoms with van der Waals surface area (Å²) >= 11 is 7.72. The van der Waals surface area contributed by atoms with Gasteiger partial charge in [-0.05, 0) is 42.3 Å². The van der Waals surface area contributed by atoms with Gasteiger partial charge in [0.1, 0.15) is 5.75 Å². The van der Waals surface area contributed by atoms with Crippen LogP contribution in [0.5, 0.6) is 5.75 Å². The van der Waals surface area contributed by atoms with Crippen LogP contribution >= 0.6 is 22.9 Å². The summed E-state index contributed by atoms with van der Waals surface area (Å²) < 4.78 is 6.45. The topological polar surface area (TPSA) is 62.7 Å². The molecule has 1 fully saturated rings. The number of ketones is 1. The molecule has 2 aromatic carbocycles. The molecule has 6 nitrogen and oxygen atoms in total. The smallest absolute Gasteiger partial charge is 0.223 e. The van der Waals surface area contributed by atoms with Crippen LogP contribution in [0, 0.1) is 0 Å². The standard InChI is InChI=1S/C24H26ClN3O3S/c1-3-16-4-6-19-22(14-16)32-24(26-19)28-12-10-27(11-13-28)23(30)9-7-20(29)18-15-17(25)5-8-21(18)31-2/h4-6,8,14-15H,3,7,9-13H2,1-2H3. The van der Waals surface area contributed by atoms with Crippen molar-refractivity contribution in [2.45, 2.75) is 26.2 Å². The van der Waals surface area contributed by atoms with E-state index in [1.807, 2.05) is 4.90 Å². The fraction of sp³-hybridized carbons (Fsp3) is 0.375. The number of thiazole rings is 1. The van der Waals surface area contributed by atoms with Crippen molar-refractivity contribution >= 4 is 50.0 Å². The van der Waals surface area contributed by atoms with E-state index < -0.39 is 0 Å². The molecule has 0 bridgehead atoms. The van der Waals surface area contributed by atoms with Crippen molar-refractivity contribution in [2.75, 3.05) is 38.2 Å². The van der Waals surface area contributed by atoms with Crippen LogP contribution in [0.25, 0.3) is 10.2 Å².